The van der Waals surface area contributed by atoms with Crippen molar-refractivity contribution in [3.05, 3.63) is 0 Å². The molecule has 0 heterocycles. The molecule has 0 aliphatic heterocycles. The summed E-state index contributed by atoms with van der Waals surface area (Å²) >= 11 is 4.76. The monoisotopic (exact) mass is 248 g/mol. The molecule has 2 nitrogen and oxygen atoms in total. The fraction of sp³-hybridized carbons (Fsp3) is 0.667. The van der Waals surface area contributed by atoms with Gasteiger partial charge in [0.05, 0.1) is 7.11 Å². The molecule has 0 rings (SSSR count). The Balaban J connectivity index is 3.82. The number of rotatable bonds is 1. The van der Waals surface area contributed by atoms with Crippen LogP contribution in [0.1, 0.15) is 0 Å². The zero-order chi connectivity index (χ0) is 6.78. The zero-order valence-corrected chi connectivity index (χ0v) is 7.12. The van der Waals surface area contributed by atoms with Crippen LogP contribution in [0.5, 0.6) is 0 Å². The summed E-state index contributed by atoms with van der Waals surface area (Å²) in [5, 5.41) is 0. The molecular formula is C3H3Br2FO2. The Morgan fingerprint density at radius 2 is 2.12 bits per heavy atom. The highest BCUT2D eigenvalue weighted by molar-refractivity contribution is 9.25. The van der Waals surface area contributed by atoms with Crippen LogP contribution in [-0.4, -0.2) is 16.6 Å². The largest absolute Gasteiger partial charge is 0.465 e. The van der Waals surface area contributed by atoms with E-state index in [1.807, 2.05) is 0 Å². The molecule has 0 saturated heterocycles. The number of alkyl halides is 3. The molecule has 0 aliphatic rings. The lowest BCUT2D eigenvalue weighted by atomic mass is 10.8. The number of carbonyl (C=O) groups excluding carboxylic acids is 1. The van der Waals surface area contributed by atoms with Crippen molar-refractivity contribution in [2.75, 3.05) is 7.11 Å². The highest BCUT2D eigenvalue weighted by atomic mass is 79.9. The number of methoxy groups -OCH3 is 1. The number of halogens is 3. The van der Waals surface area contributed by atoms with Crippen LogP contribution in [0.3, 0.4) is 0 Å². The number of carbonyl (C=O) groups is 1. The summed E-state index contributed by atoms with van der Waals surface area (Å²) in [5.74, 6) is -1.00. The summed E-state index contributed by atoms with van der Waals surface area (Å²) in [4.78, 5) is 10.1. The van der Waals surface area contributed by atoms with Gasteiger partial charge in [0.2, 0.25) is 0 Å². The molecular weight excluding hydrogens is 247 g/mol. The highest BCUT2D eigenvalue weighted by Gasteiger charge is 2.32. The molecule has 0 spiro atoms. The van der Waals surface area contributed by atoms with Crippen LogP contribution in [0.25, 0.3) is 0 Å². The maximum atomic E-state index is 12.1. The maximum Gasteiger partial charge on any atom is 0.366 e. The maximum absolute atomic E-state index is 12.1. The summed E-state index contributed by atoms with van der Waals surface area (Å²) in [6.07, 6.45) is 0. The Kier molecular flexibility index (Phi) is 2.90. The van der Waals surface area contributed by atoms with Gasteiger partial charge in [0.15, 0.2) is 0 Å². The van der Waals surface area contributed by atoms with E-state index < -0.39 is 9.46 Å². The standard InChI is InChI=1S/C3H3Br2FO2/c1-8-2(7)3(4,5)6/h1H3. The van der Waals surface area contributed by atoms with Crippen molar-refractivity contribution >= 4 is 37.8 Å². The Bertz CT molecular complexity index is 97.9. The molecule has 0 unspecified atom stereocenters. The molecule has 0 aliphatic carbocycles. The third-order valence-corrected chi connectivity index (χ3v) is 1.06. The average molecular weight is 250 g/mol. The van der Waals surface area contributed by atoms with Crippen molar-refractivity contribution in [3.8, 4) is 0 Å². The lowest BCUT2D eigenvalue weighted by Crippen LogP contribution is -2.19. The van der Waals surface area contributed by atoms with Crippen LogP contribution in [0.4, 0.5) is 4.39 Å². The van der Waals surface area contributed by atoms with E-state index in [0.717, 1.165) is 7.11 Å². The second-order valence-electron chi connectivity index (χ2n) is 0.989. The molecule has 0 bridgehead atoms. The molecule has 0 amide bonds. The van der Waals surface area contributed by atoms with Crippen molar-refractivity contribution in [1.29, 1.82) is 0 Å². The molecule has 0 aromatic carbocycles. The Labute approximate surface area is 62.6 Å². The lowest BCUT2D eigenvalue weighted by Gasteiger charge is -2.04. The molecule has 0 aromatic rings. The van der Waals surface area contributed by atoms with Gasteiger partial charge in [-0.2, -0.15) is 0 Å². The SMILES string of the molecule is COC(=O)C(F)(Br)Br. The first-order valence-corrected chi connectivity index (χ1v) is 3.22. The van der Waals surface area contributed by atoms with E-state index in [-0.39, 0.29) is 0 Å². The second kappa shape index (κ2) is 2.77. The minimum Gasteiger partial charge on any atom is -0.465 e. The van der Waals surface area contributed by atoms with Crippen molar-refractivity contribution in [1.82, 2.24) is 0 Å². The average Bonchev–Trinajstić information content (AvgIpc) is 1.62. The predicted octanol–water partition coefficient (Wildman–Crippen LogP) is 1.57. The third kappa shape index (κ3) is 2.61. The molecule has 0 saturated carbocycles. The summed E-state index contributed by atoms with van der Waals surface area (Å²) in [7, 11) is 1.10. The zero-order valence-electron chi connectivity index (χ0n) is 3.95. The minimum atomic E-state index is -2.23. The Morgan fingerprint density at radius 1 is 1.75 bits per heavy atom. The van der Waals surface area contributed by atoms with Gasteiger partial charge < -0.3 is 4.74 Å². The van der Waals surface area contributed by atoms with Gasteiger partial charge in [-0.1, -0.05) is 0 Å². The van der Waals surface area contributed by atoms with Crippen LogP contribution in [0, 0.1) is 0 Å². The minimum absolute atomic E-state index is 1.00. The first-order chi connectivity index (χ1) is 3.48. The summed E-state index contributed by atoms with van der Waals surface area (Å²) in [6, 6.07) is 0. The topological polar surface area (TPSA) is 26.3 Å². The molecule has 0 N–H and O–H groups in total. The van der Waals surface area contributed by atoms with Gasteiger partial charge in [-0.05, 0) is 31.9 Å². The van der Waals surface area contributed by atoms with Gasteiger partial charge in [-0.15, -0.1) is 0 Å². The van der Waals surface area contributed by atoms with Crippen LogP contribution in [0.15, 0.2) is 0 Å². The van der Waals surface area contributed by atoms with Gasteiger partial charge in [0.25, 0.3) is 0 Å². The van der Waals surface area contributed by atoms with E-state index >= 15 is 0 Å². The highest BCUT2D eigenvalue weighted by Crippen LogP contribution is 2.28. The molecule has 8 heavy (non-hydrogen) atoms. The van der Waals surface area contributed by atoms with Gasteiger partial charge in [-0.25, -0.2) is 9.18 Å². The molecule has 0 fully saturated rings. The van der Waals surface area contributed by atoms with E-state index in [1.54, 1.807) is 0 Å². The first-order valence-electron chi connectivity index (χ1n) is 1.63. The third-order valence-electron chi connectivity index (χ3n) is 0.417. The summed E-state index contributed by atoms with van der Waals surface area (Å²) < 4.78 is 13.9. The van der Waals surface area contributed by atoms with Crippen molar-refractivity contribution in [3.63, 3.8) is 0 Å². The Hall–Kier alpha value is 0.360. The Morgan fingerprint density at radius 3 is 2.12 bits per heavy atom. The van der Waals surface area contributed by atoms with E-state index in [0.29, 0.717) is 0 Å². The second-order valence-corrected chi connectivity index (χ2v) is 4.24. The van der Waals surface area contributed by atoms with Crippen molar-refractivity contribution in [2.24, 2.45) is 0 Å². The summed E-state index contributed by atoms with van der Waals surface area (Å²) in [5.41, 5.74) is 0. The van der Waals surface area contributed by atoms with Gasteiger partial charge in [0.1, 0.15) is 0 Å². The molecule has 5 heteroatoms. The van der Waals surface area contributed by atoms with E-state index in [1.165, 1.54) is 0 Å². The van der Waals surface area contributed by atoms with Crippen LogP contribution >= 0.6 is 31.9 Å². The van der Waals surface area contributed by atoms with E-state index in [9.17, 15) is 9.18 Å². The molecule has 0 radical (unpaired) electrons. The van der Waals surface area contributed by atoms with E-state index in [2.05, 4.69) is 36.6 Å². The van der Waals surface area contributed by atoms with Crippen molar-refractivity contribution in [2.45, 2.75) is 3.49 Å². The van der Waals surface area contributed by atoms with E-state index in [4.69, 9.17) is 0 Å². The number of esters is 1. The quantitative estimate of drug-likeness (QED) is 0.521. The first kappa shape index (κ1) is 8.36. The normalized spacial score (nSPS) is 11.0. The summed E-state index contributed by atoms with van der Waals surface area (Å²) in [6.45, 7) is 0. The lowest BCUT2D eigenvalue weighted by molar-refractivity contribution is -0.143. The molecule has 0 aromatic heterocycles. The van der Waals surface area contributed by atoms with Crippen molar-refractivity contribution < 1.29 is 13.9 Å². The number of ether oxygens (including phenoxy) is 1. The van der Waals surface area contributed by atoms with Crippen LogP contribution in [0.2, 0.25) is 0 Å². The van der Waals surface area contributed by atoms with Gasteiger partial charge in [0, 0.05) is 0 Å². The van der Waals surface area contributed by atoms with Crippen LogP contribution < -0.4 is 0 Å². The van der Waals surface area contributed by atoms with Gasteiger partial charge >= 0.3 is 9.46 Å². The van der Waals surface area contributed by atoms with Crippen LogP contribution in [-0.2, 0) is 9.53 Å². The molecule has 48 valence electrons. The number of hydrogen-bond acceptors (Lipinski definition) is 2. The smallest absolute Gasteiger partial charge is 0.366 e. The number of hydrogen-bond donors (Lipinski definition) is 0. The van der Waals surface area contributed by atoms with Gasteiger partial charge in [-0.3, -0.25) is 0 Å². The fourth-order valence-electron chi connectivity index (χ4n) is 0.116. The molecule has 0 atom stereocenters. The predicted molar refractivity (Wildman–Crippen MR) is 33.7 cm³/mol. The fourth-order valence-corrected chi connectivity index (χ4v) is 0.439.